The molecular weight excluding hydrogens is 272 g/mol. The van der Waals surface area contributed by atoms with Crippen molar-refractivity contribution in [3.05, 3.63) is 58.6 Å². The van der Waals surface area contributed by atoms with Gasteiger partial charge in [-0.05, 0) is 18.2 Å². The first-order valence-corrected chi connectivity index (χ1v) is 6.60. The van der Waals surface area contributed by atoms with E-state index in [1.165, 1.54) is 6.07 Å². The molecule has 6 heteroatoms. The summed E-state index contributed by atoms with van der Waals surface area (Å²) in [4.78, 5) is 10.5. The minimum absolute atomic E-state index is 0.0506. The maximum absolute atomic E-state index is 10.9. The van der Waals surface area contributed by atoms with Crippen LogP contribution in [0.2, 0.25) is 0 Å². The summed E-state index contributed by atoms with van der Waals surface area (Å²) < 4.78 is 11.4. The molecular formula is C15H14N2O4. The molecule has 1 heterocycles. The molecule has 1 atom stereocenters. The zero-order chi connectivity index (χ0) is 14.7. The summed E-state index contributed by atoms with van der Waals surface area (Å²) in [6.45, 7) is 0.837. The molecule has 1 aliphatic rings. The van der Waals surface area contributed by atoms with Crippen molar-refractivity contribution in [1.29, 1.82) is 0 Å². The van der Waals surface area contributed by atoms with Crippen LogP contribution in [0.1, 0.15) is 0 Å². The number of ether oxygens (including phenoxy) is 2. The molecule has 0 bridgehead atoms. The summed E-state index contributed by atoms with van der Waals surface area (Å²) in [5.41, 5.74) is 0.527. The lowest BCUT2D eigenvalue weighted by molar-refractivity contribution is -0.384. The van der Waals surface area contributed by atoms with Gasteiger partial charge in [0, 0.05) is 6.07 Å². The van der Waals surface area contributed by atoms with Crippen molar-refractivity contribution in [2.75, 3.05) is 18.5 Å². The molecule has 21 heavy (non-hydrogen) atoms. The normalized spacial score (nSPS) is 16.3. The smallest absolute Gasteiger partial charge is 0.292 e. The fourth-order valence-corrected chi connectivity index (χ4v) is 2.17. The molecule has 2 aromatic carbocycles. The van der Waals surface area contributed by atoms with Gasteiger partial charge in [-0.3, -0.25) is 10.1 Å². The Morgan fingerprint density at radius 3 is 2.67 bits per heavy atom. The number of hydrogen-bond donors (Lipinski definition) is 1. The van der Waals surface area contributed by atoms with E-state index >= 15 is 0 Å². The molecule has 1 N–H and O–H groups in total. The van der Waals surface area contributed by atoms with E-state index in [0.29, 0.717) is 24.6 Å². The molecule has 0 aromatic heterocycles. The van der Waals surface area contributed by atoms with Crippen LogP contribution in [0.3, 0.4) is 0 Å². The quantitative estimate of drug-likeness (QED) is 0.691. The Morgan fingerprint density at radius 1 is 1.14 bits per heavy atom. The first-order chi connectivity index (χ1) is 10.2. The molecule has 0 aliphatic carbocycles. The van der Waals surface area contributed by atoms with Crippen molar-refractivity contribution < 1.29 is 14.4 Å². The lowest BCUT2D eigenvalue weighted by Crippen LogP contribution is -2.35. The molecule has 0 amide bonds. The van der Waals surface area contributed by atoms with E-state index in [1.54, 1.807) is 18.2 Å². The van der Waals surface area contributed by atoms with Gasteiger partial charge in [0.15, 0.2) is 11.5 Å². The number of nitrogens with one attached hydrogen (secondary N) is 1. The first kappa shape index (κ1) is 13.2. The largest absolute Gasteiger partial charge is 0.486 e. The second-order valence-corrected chi connectivity index (χ2v) is 4.65. The van der Waals surface area contributed by atoms with Crippen LogP contribution >= 0.6 is 0 Å². The number of para-hydroxylation sites is 4. The minimum Gasteiger partial charge on any atom is -0.486 e. The molecule has 0 radical (unpaired) electrons. The molecule has 2 aromatic rings. The molecule has 0 fully saturated rings. The number of nitrogens with zero attached hydrogens (tertiary/aromatic N) is 1. The monoisotopic (exact) mass is 286 g/mol. The summed E-state index contributed by atoms with van der Waals surface area (Å²) in [5, 5.41) is 14.0. The minimum atomic E-state index is -0.407. The average Bonchev–Trinajstić information content (AvgIpc) is 2.53. The number of anilines is 1. The maximum atomic E-state index is 10.9. The molecule has 3 rings (SSSR count). The molecule has 108 valence electrons. The number of benzene rings is 2. The van der Waals surface area contributed by atoms with Crippen molar-refractivity contribution >= 4 is 11.4 Å². The highest BCUT2D eigenvalue weighted by molar-refractivity contribution is 5.61. The number of rotatable bonds is 4. The number of nitro groups is 1. The van der Waals surface area contributed by atoms with E-state index in [4.69, 9.17) is 9.47 Å². The lowest BCUT2D eigenvalue weighted by Gasteiger charge is -2.26. The maximum Gasteiger partial charge on any atom is 0.292 e. The molecule has 1 aliphatic heterocycles. The Kier molecular flexibility index (Phi) is 3.59. The Balaban J connectivity index is 1.66. The van der Waals surface area contributed by atoms with E-state index in [2.05, 4.69) is 5.32 Å². The summed E-state index contributed by atoms with van der Waals surface area (Å²) in [6, 6.07) is 14.0. The lowest BCUT2D eigenvalue weighted by atomic mass is 10.2. The topological polar surface area (TPSA) is 73.6 Å². The van der Waals surface area contributed by atoms with Gasteiger partial charge in [0.2, 0.25) is 0 Å². The number of hydrogen-bond acceptors (Lipinski definition) is 5. The highest BCUT2D eigenvalue weighted by atomic mass is 16.6. The van der Waals surface area contributed by atoms with Crippen molar-refractivity contribution in [2.24, 2.45) is 0 Å². The Hall–Kier alpha value is -2.76. The second-order valence-electron chi connectivity index (χ2n) is 4.65. The summed E-state index contributed by atoms with van der Waals surface area (Å²) in [6.07, 6.45) is -0.195. The van der Waals surface area contributed by atoms with Crippen LogP contribution in [0.15, 0.2) is 48.5 Å². The molecule has 0 saturated heterocycles. The van der Waals surface area contributed by atoms with Crippen LogP contribution in [-0.2, 0) is 0 Å². The van der Waals surface area contributed by atoms with Gasteiger partial charge in [-0.15, -0.1) is 0 Å². The van der Waals surface area contributed by atoms with Gasteiger partial charge in [0.25, 0.3) is 5.69 Å². The molecule has 0 spiro atoms. The third kappa shape index (κ3) is 2.89. The predicted octanol–water partition coefficient (Wildman–Crippen LogP) is 2.85. The predicted molar refractivity (Wildman–Crippen MR) is 77.9 cm³/mol. The Morgan fingerprint density at radius 2 is 1.86 bits per heavy atom. The Labute approximate surface area is 121 Å². The van der Waals surface area contributed by atoms with Gasteiger partial charge in [-0.2, -0.15) is 0 Å². The van der Waals surface area contributed by atoms with Crippen LogP contribution in [0.4, 0.5) is 11.4 Å². The SMILES string of the molecule is O=[N+]([O-])c1ccccc1NCC1COc2ccccc2O1. The van der Waals surface area contributed by atoms with Gasteiger partial charge in [-0.25, -0.2) is 0 Å². The third-order valence-electron chi connectivity index (χ3n) is 3.19. The van der Waals surface area contributed by atoms with E-state index < -0.39 is 4.92 Å². The summed E-state index contributed by atoms with van der Waals surface area (Å²) in [5.74, 6) is 1.41. The van der Waals surface area contributed by atoms with E-state index in [1.807, 2.05) is 24.3 Å². The van der Waals surface area contributed by atoms with E-state index in [0.717, 1.165) is 5.75 Å². The van der Waals surface area contributed by atoms with E-state index in [-0.39, 0.29) is 11.8 Å². The van der Waals surface area contributed by atoms with Crippen molar-refractivity contribution in [1.82, 2.24) is 0 Å². The van der Waals surface area contributed by atoms with Crippen LogP contribution in [0.5, 0.6) is 11.5 Å². The van der Waals surface area contributed by atoms with E-state index in [9.17, 15) is 10.1 Å². The fraction of sp³-hybridized carbons (Fsp3) is 0.200. The van der Waals surface area contributed by atoms with Crippen molar-refractivity contribution in [2.45, 2.75) is 6.10 Å². The second kappa shape index (κ2) is 5.70. The average molecular weight is 286 g/mol. The summed E-state index contributed by atoms with van der Waals surface area (Å²) >= 11 is 0. The molecule has 6 nitrogen and oxygen atoms in total. The zero-order valence-corrected chi connectivity index (χ0v) is 11.2. The highest BCUT2D eigenvalue weighted by Gasteiger charge is 2.21. The number of nitro benzene ring substituents is 1. The Bertz CT molecular complexity index is 660. The zero-order valence-electron chi connectivity index (χ0n) is 11.2. The van der Waals surface area contributed by atoms with Crippen molar-refractivity contribution in [3.8, 4) is 11.5 Å². The van der Waals surface area contributed by atoms with Crippen LogP contribution < -0.4 is 14.8 Å². The standard InChI is InChI=1S/C15H14N2O4/c18-17(19)13-6-2-1-5-12(13)16-9-11-10-20-14-7-3-4-8-15(14)21-11/h1-8,11,16H,9-10H2. The molecule has 0 saturated carbocycles. The van der Waals surface area contributed by atoms with Crippen molar-refractivity contribution in [3.63, 3.8) is 0 Å². The highest BCUT2D eigenvalue weighted by Crippen LogP contribution is 2.31. The van der Waals surface area contributed by atoms with Gasteiger partial charge in [-0.1, -0.05) is 24.3 Å². The number of fused-ring (bicyclic) bond motifs is 1. The third-order valence-corrected chi connectivity index (χ3v) is 3.19. The van der Waals surface area contributed by atoms with Gasteiger partial charge >= 0.3 is 0 Å². The van der Waals surface area contributed by atoms with Gasteiger partial charge in [0.05, 0.1) is 11.5 Å². The van der Waals surface area contributed by atoms with Crippen LogP contribution in [0.25, 0.3) is 0 Å². The summed E-state index contributed by atoms with van der Waals surface area (Å²) in [7, 11) is 0. The van der Waals surface area contributed by atoms with Gasteiger partial charge < -0.3 is 14.8 Å². The molecule has 1 unspecified atom stereocenters. The van der Waals surface area contributed by atoms with Gasteiger partial charge in [0.1, 0.15) is 18.4 Å². The first-order valence-electron chi connectivity index (χ1n) is 6.60. The van der Waals surface area contributed by atoms with Crippen LogP contribution in [-0.4, -0.2) is 24.2 Å². The van der Waals surface area contributed by atoms with Crippen LogP contribution in [0, 0.1) is 10.1 Å². The fourth-order valence-electron chi connectivity index (χ4n) is 2.17.